The van der Waals surface area contributed by atoms with Crippen molar-refractivity contribution in [1.82, 2.24) is 4.98 Å². The zero-order chi connectivity index (χ0) is 13.8. The van der Waals surface area contributed by atoms with Crippen LogP contribution in [0.2, 0.25) is 0 Å². The summed E-state index contributed by atoms with van der Waals surface area (Å²) in [6.07, 6.45) is 3.59. The zero-order valence-electron chi connectivity index (χ0n) is 10.6. The highest BCUT2D eigenvalue weighted by Crippen LogP contribution is 2.34. The van der Waals surface area contributed by atoms with Gasteiger partial charge in [0, 0.05) is 4.90 Å². The van der Waals surface area contributed by atoms with E-state index in [9.17, 15) is 0 Å². The summed E-state index contributed by atoms with van der Waals surface area (Å²) in [6.45, 7) is 7.57. The first-order valence-corrected chi connectivity index (χ1v) is 7.17. The van der Waals surface area contributed by atoms with Crippen LogP contribution in [0.25, 0.3) is 10.2 Å². The lowest BCUT2D eigenvalue weighted by atomic mass is 10.3. The minimum Gasteiger partial charge on any atom is -0.496 e. The van der Waals surface area contributed by atoms with Gasteiger partial charge in [-0.3, -0.25) is 0 Å². The molecule has 0 aliphatic heterocycles. The third kappa shape index (κ3) is 3.19. The number of fused-ring (bicyclic) bond motifs is 1. The molecule has 0 radical (unpaired) electrons. The van der Waals surface area contributed by atoms with Crippen LogP contribution in [0.1, 0.15) is 0 Å². The molecule has 0 atom stereocenters. The molecule has 0 saturated heterocycles. The number of allylic oxidation sites excluding steroid dienone is 2. The smallest absolute Gasteiger partial charge is 0.181 e. The number of methoxy groups -OCH3 is 1. The number of hydrogen-bond acceptors (Lipinski definition) is 5. The first-order valence-electron chi connectivity index (χ1n) is 5.54. The van der Waals surface area contributed by atoms with E-state index in [1.807, 2.05) is 18.2 Å². The van der Waals surface area contributed by atoms with Crippen LogP contribution in [0.15, 0.2) is 59.1 Å². The van der Waals surface area contributed by atoms with Crippen LogP contribution in [-0.2, 0) is 4.74 Å². The first kappa shape index (κ1) is 13.7. The molecule has 2 N–H and O–H groups in total. The number of anilines is 1. The molecule has 19 heavy (non-hydrogen) atoms. The van der Waals surface area contributed by atoms with Crippen LogP contribution >= 0.6 is 23.1 Å². The Morgan fingerprint density at radius 1 is 1.53 bits per heavy atom. The third-order valence-electron chi connectivity index (χ3n) is 2.39. The average molecular weight is 290 g/mol. The molecule has 0 spiro atoms. The number of benzene rings is 1. The van der Waals surface area contributed by atoms with E-state index < -0.39 is 0 Å². The fraction of sp³-hybridized carbons (Fsp3) is 0.0714. The highest BCUT2D eigenvalue weighted by Gasteiger charge is 2.07. The van der Waals surface area contributed by atoms with Gasteiger partial charge < -0.3 is 10.5 Å². The van der Waals surface area contributed by atoms with Gasteiger partial charge in [0.2, 0.25) is 0 Å². The maximum absolute atomic E-state index is 5.70. The van der Waals surface area contributed by atoms with Crippen molar-refractivity contribution in [2.45, 2.75) is 4.90 Å². The number of thiazole rings is 1. The Morgan fingerprint density at radius 3 is 3.00 bits per heavy atom. The Balaban J connectivity index is 2.31. The van der Waals surface area contributed by atoms with Crippen molar-refractivity contribution in [1.29, 1.82) is 0 Å². The fourth-order valence-corrected chi connectivity index (χ4v) is 3.28. The van der Waals surface area contributed by atoms with Gasteiger partial charge in [0.1, 0.15) is 5.76 Å². The van der Waals surface area contributed by atoms with E-state index in [1.54, 1.807) is 24.9 Å². The second kappa shape index (κ2) is 5.95. The molecule has 1 aromatic heterocycles. The molecule has 0 fully saturated rings. The van der Waals surface area contributed by atoms with E-state index in [0.29, 0.717) is 10.9 Å². The van der Waals surface area contributed by atoms with Crippen molar-refractivity contribution in [3.05, 3.63) is 54.2 Å². The highest BCUT2D eigenvalue weighted by atomic mass is 32.2. The van der Waals surface area contributed by atoms with Crippen molar-refractivity contribution < 1.29 is 4.74 Å². The van der Waals surface area contributed by atoms with Crippen LogP contribution in [0.3, 0.4) is 0 Å². The summed E-state index contributed by atoms with van der Waals surface area (Å²) in [5.74, 6) is 0.619. The summed E-state index contributed by atoms with van der Waals surface area (Å²) in [4.78, 5) is 6.25. The van der Waals surface area contributed by atoms with Crippen molar-refractivity contribution in [3.63, 3.8) is 0 Å². The van der Waals surface area contributed by atoms with Crippen LogP contribution in [-0.4, -0.2) is 12.1 Å². The Morgan fingerprint density at radius 2 is 2.32 bits per heavy atom. The molecule has 1 aromatic carbocycles. The normalized spacial score (nSPS) is 11.5. The number of hydrogen-bond donors (Lipinski definition) is 1. The second-order valence-corrected chi connectivity index (χ2v) is 5.86. The predicted octanol–water partition coefficient (Wildman–Crippen LogP) is 4.20. The van der Waals surface area contributed by atoms with Gasteiger partial charge in [-0.15, -0.1) is 0 Å². The summed E-state index contributed by atoms with van der Waals surface area (Å²) >= 11 is 3.05. The van der Waals surface area contributed by atoms with E-state index in [-0.39, 0.29) is 0 Å². The first-order chi connectivity index (χ1) is 9.13. The fourth-order valence-electron chi connectivity index (χ4n) is 1.50. The molecule has 0 amide bonds. The van der Waals surface area contributed by atoms with Gasteiger partial charge in [-0.2, -0.15) is 0 Å². The monoisotopic (exact) mass is 290 g/mol. The number of nitrogens with two attached hydrogens (primary N) is 1. The lowest BCUT2D eigenvalue weighted by Gasteiger charge is -2.08. The van der Waals surface area contributed by atoms with Crippen molar-refractivity contribution in [2.75, 3.05) is 12.8 Å². The minimum absolute atomic E-state index is 0.584. The van der Waals surface area contributed by atoms with E-state index in [4.69, 9.17) is 10.5 Å². The Kier molecular flexibility index (Phi) is 4.29. The standard InChI is InChI=1S/C14H14N2OS2/c1-4-5-12(9(2)17-3)18-10-6-7-11-13(8-10)19-14(15)16-11/h4-8H,1-2H2,3H3,(H2,15,16)/b12-5+. The zero-order valence-corrected chi connectivity index (χ0v) is 12.2. The average Bonchev–Trinajstić information content (AvgIpc) is 2.76. The third-order valence-corrected chi connectivity index (χ3v) is 4.32. The maximum Gasteiger partial charge on any atom is 0.181 e. The summed E-state index contributed by atoms with van der Waals surface area (Å²) in [5.41, 5.74) is 6.62. The lowest BCUT2D eigenvalue weighted by Crippen LogP contribution is -1.87. The Hall–Kier alpha value is -1.72. The summed E-state index contributed by atoms with van der Waals surface area (Å²) in [7, 11) is 1.60. The van der Waals surface area contributed by atoms with Crippen LogP contribution < -0.4 is 5.73 Å². The number of nitrogens with zero attached hydrogens (tertiary/aromatic N) is 1. The van der Waals surface area contributed by atoms with Gasteiger partial charge in [0.25, 0.3) is 0 Å². The van der Waals surface area contributed by atoms with Crippen LogP contribution in [0.4, 0.5) is 5.13 Å². The van der Waals surface area contributed by atoms with Crippen LogP contribution in [0, 0.1) is 0 Å². The Labute approximate surface area is 120 Å². The van der Waals surface area contributed by atoms with Gasteiger partial charge in [0.05, 0.1) is 22.2 Å². The lowest BCUT2D eigenvalue weighted by molar-refractivity contribution is 0.307. The van der Waals surface area contributed by atoms with Crippen molar-refractivity contribution in [3.8, 4) is 0 Å². The highest BCUT2D eigenvalue weighted by molar-refractivity contribution is 8.03. The summed E-state index contributed by atoms with van der Waals surface area (Å²) < 4.78 is 6.24. The number of thioether (sulfide) groups is 1. The Bertz CT molecular complexity index is 659. The molecule has 98 valence electrons. The van der Waals surface area contributed by atoms with E-state index in [0.717, 1.165) is 20.0 Å². The molecule has 1 heterocycles. The van der Waals surface area contributed by atoms with Gasteiger partial charge in [-0.1, -0.05) is 42.3 Å². The van der Waals surface area contributed by atoms with Crippen molar-refractivity contribution >= 4 is 38.4 Å². The molecule has 2 rings (SSSR count). The largest absolute Gasteiger partial charge is 0.496 e. The molecule has 0 aliphatic rings. The quantitative estimate of drug-likeness (QED) is 0.509. The van der Waals surface area contributed by atoms with Gasteiger partial charge in [-0.05, 0) is 24.3 Å². The number of ether oxygens (including phenoxy) is 1. The number of rotatable bonds is 5. The van der Waals surface area contributed by atoms with Gasteiger partial charge in [-0.25, -0.2) is 4.98 Å². The van der Waals surface area contributed by atoms with E-state index in [2.05, 4.69) is 24.2 Å². The molecule has 5 heteroatoms. The van der Waals surface area contributed by atoms with Gasteiger partial charge in [0.15, 0.2) is 5.13 Å². The maximum atomic E-state index is 5.70. The SMILES string of the molecule is C=C/C=C(/Sc1ccc2nc(N)sc2c1)C(=C)OC. The molecular weight excluding hydrogens is 276 g/mol. The van der Waals surface area contributed by atoms with Crippen LogP contribution in [0.5, 0.6) is 0 Å². The molecule has 0 bridgehead atoms. The predicted molar refractivity (Wildman–Crippen MR) is 84.3 cm³/mol. The molecule has 0 aliphatic carbocycles. The van der Waals surface area contributed by atoms with Crippen molar-refractivity contribution in [2.24, 2.45) is 0 Å². The molecule has 0 unspecified atom stereocenters. The topological polar surface area (TPSA) is 48.1 Å². The molecule has 3 nitrogen and oxygen atoms in total. The number of aromatic nitrogens is 1. The summed E-state index contributed by atoms with van der Waals surface area (Å²) in [5, 5.41) is 0.584. The molecular formula is C14H14N2OS2. The second-order valence-electron chi connectivity index (χ2n) is 3.68. The molecule has 2 aromatic rings. The summed E-state index contributed by atoms with van der Waals surface area (Å²) in [6, 6.07) is 6.03. The molecule has 0 saturated carbocycles. The van der Waals surface area contributed by atoms with Gasteiger partial charge >= 0.3 is 0 Å². The van der Waals surface area contributed by atoms with E-state index >= 15 is 0 Å². The van der Waals surface area contributed by atoms with E-state index in [1.165, 1.54) is 11.3 Å². The minimum atomic E-state index is 0.584. The number of nitrogen functional groups attached to an aromatic ring is 1.